The van der Waals surface area contributed by atoms with Crippen LogP contribution in [-0.4, -0.2) is 39.6 Å². The van der Waals surface area contributed by atoms with E-state index in [9.17, 15) is 4.79 Å². The van der Waals surface area contributed by atoms with Gasteiger partial charge in [0.1, 0.15) is 0 Å². The van der Waals surface area contributed by atoms with Crippen molar-refractivity contribution >= 4 is 23.8 Å². The average molecular weight is 295 g/mol. The summed E-state index contributed by atoms with van der Waals surface area (Å²) in [5.41, 5.74) is 7.24. The zero-order valence-electron chi connectivity index (χ0n) is 11.4. The number of fused-ring (bicyclic) bond motifs is 1. The van der Waals surface area contributed by atoms with Crippen LogP contribution in [0.3, 0.4) is 0 Å². The summed E-state index contributed by atoms with van der Waals surface area (Å²) in [5, 5.41) is 4.22. The molecule has 1 aliphatic rings. The molecule has 0 saturated carbocycles. The lowest BCUT2D eigenvalue weighted by atomic mass is 10.1. The second-order valence-corrected chi connectivity index (χ2v) is 5.23. The minimum atomic E-state index is 0. The number of amides is 1. The SMILES string of the molecule is CC1CC(CN)CN1C(=O)c1cnn2ccccc12.Cl. The van der Waals surface area contributed by atoms with Crippen LogP contribution in [0.15, 0.2) is 30.6 Å². The standard InChI is InChI=1S/C14H18N4O.ClH/c1-10-6-11(7-15)9-17(10)14(19)12-8-16-18-5-3-2-4-13(12)18;/h2-5,8,10-11H,6-7,9,15H2,1H3;1H. The fraction of sp³-hybridized carbons (Fsp3) is 0.429. The molecule has 2 aromatic rings. The highest BCUT2D eigenvalue weighted by atomic mass is 35.5. The molecular formula is C14H19ClN4O. The first-order valence-corrected chi connectivity index (χ1v) is 6.64. The molecule has 3 rings (SSSR count). The van der Waals surface area contributed by atoms with Gasteiger partial charge in [0.15, 0.2) is 0 Å². The van der Waals surface area contributed by atoms with E-state index in [1.165, 1.54) is 0 Å². The summed E-state index contributed by atoms with van der Waals surface area (Å²) in [6.07, 6.45) is 4.49. The van der Waals surface area contributed by atoms with Crippen LogP contribution in [0.25, 0.3) is 5.52 Å². The number of aromatic nitrogens is 2. The van der Waals surface area contributed by atoms with Gasteiger partial charge in [0.2, 0.25) is 0 Å². The third-order valence-corrected chi connectivity index (χ3v) is 3.91. The lowest BCUT2D eigenvalue weighted by Crippen LogP contribution is -2.34. The Morgan fingerprint density at radius 1 is 1.50 bits per heavy atom. The smallest absolute Gasteiger partial charge is 0.257 e. The number of nitrogens with zero attached hydrogens (tertiary/aromatic N) is 3. The first-order valence-electron chi connectivity index (χ1n) is 6.64. The number of hydrogen-bond donors (Lipinski definition) is 1. The van der Waals surface area contributed by atoms with Gasteiger partial charge in [-0.25, -0.2) is 4.52 Å². The molecule has 1 saturated heterocycles. The Morgan fingerprint density at radius 2 is 2.30 bits per heavy atom. The van der Waals surface area contributed by atoms with Gasteiger partial charge in [-0.15, -0.1) is 12.4 Å². The van der Waals surface area contributed by atoms with Crippen LogP contribution in [0.4, 0.5) is 0 Å². The van der Waals surface area contributed by atoms with E-state index in [1.54, 1.807) is 10.7 Å². The highest BCUT2D eigenvalue weighted by molar-refractivity contribution is 6.00. The van der Waals surface area contributed by atoms with Crippen molar-refractivity contribution in [1.29, 1.82) is 0 Å². The summed E-state index contributed by atoms with van der Waals surface area (Å²) >= 11 is 0. The molecule has 20 heavy (non-hydrogen) atoms. The van der Waals surface area contributed by atoms with Crippen LogP contribution in [-0.2, 0) is 0 Å². The maximum absolute atomic E-state index is 12.6. The number of carbonyl (C=O) groups excluding carboxylic acids is 1. The van der Waals surface area contributed by atoms with Gasteiger partial charge in [-0.1, -0.05) is 6.07 Å². The van der Waals surface area contributed by atoms with Gasteiger partial charge in [0, 0.05) is 18.8 Å². The second kappa shape index (κ2) is 5.81. The maximum atomic E-state index is 12.6. The van der Waals surface area contributed by atoms with Crippen LogP contribution in [0.2, 0.25) is 0 Å². The zero-order chi connectivity index (χ0) is 13.4. The van der Waals surface area contributed by atoms with Crippen molar-refractivity contribution in [2.45, 2.75) is 19.4 Å². The predicted molar refractivity (Wildman–Crippen MR) is 80.1 cm³/mol. The molecular weight excluding hydrogens is 276 g/mol. The Balaban J connectivity index is 0.00000147. The number of carbonyl (C=O) groups is 1. The average Bonchev–Trinajstić information content (AvgIpc) is 3.01. The molecule has 0 aromatic carbocycles. The molecule has 0 bridgehead atoms. The molecule has 0 radical (unpaired) electrons. The van der Waals surface area contributed by atoms with Crippen molar-refractivity contribution in [3.05, 3.63) is 36.2 Å². The van der Waals surface area contributed by atoms with Crippen LogP contribution >= 0.6 is 12.4 Å². The summed E-state index contributed by atoms with van der Waals surface area (Å²) < 4.78 is 1.73. The van der Waals surface area contributed by atoms with E-state index in [0.717, 1.165) is 18.5 Å². The van der Waals surface area contributed by atoms with Gasteiger partial charge in [0.05, 0.1) is 17.3 Å². The monoisotopic (exact) mass is 294 g/mol. The third-order valence-electron chi connectivity index (χ3n) is 3.91. The normalized spacial score (nSPS) is 22.0. The van der Waals surface area contributed by atoms with E-state index in [0.29, 0.717) is 18.0 Å². The number of rotatable bonds is 2. The minimum absolute atomic E-state index is 0. The summed E-state index contributed by atoms with van der Waals surface area (Å²) in [4.78, 5) is 14.5. The van der Waals surface area contributed by atoms with Gasteiger partial charge in [0.25, 0.3) is 5.91 Å². The summed E-state index contributed by atoms with van der Waals surface area (Å²) in [7, 11) is 0. The Bertz CT molecular complexity index is 612. The number of pyridine rings is 1. The number of nitrogens with two attached hydrogens (primary N) is 1. The number of hydrogen-bond acceptors (Lipinski definition) is 3. The fourth-order valence-corrected chi connectivity index (χ4v) is 2.85. The molecule has 0 aliphatic carbocycles. The van der Waals surface area contributed by atoms with E-state index < -0.39 is 0 Å². The molecule has 5 nitrogen and oxygen atoms in total. The molecule has 2 aromatic heterocycles. The van der Waals surface area contributed by atoms with Crippen LogP contribution < -0.4 is 5.73 Å². The van der Waals surface area contributed by atoms with Gasteiger partial charge >= 0.3 is 0 Å². The maximum Gasteiger partial charge on any atom is 0.257 e. The summed E-state index contributed by atoms with van der Waals surface area (Å²) in [6.45, 7) is 3.48. The molecule has 3 heterocycles. The van der Waals surface area contributed by atoms with Crippen LogP contribution in [0.1, 0.15) is 23.7 Å². The number of halogens is 1. The Labute approximate surface area is 124 Å². The van der Waals surface area contributed by atoms with E-state index in [4.69, 9.17) is 5.73 Å². The zero-order valence-corrected chi connectivity index (χ0v) is 12.2. The minimum Gasteiger partial charge on any atom is -0.335 e. The van der Waals surface area contributed by atoms with Crippen LogP contribution in [0.5, 0.6) is 0 Å². The largest absolute Gasteiger partial charge is 0.335 e. The summed E-state index contributed by atoms with van der Waals surface area (Å²) in [5.74, 6) is 0.477. The Kier molecular flexibility index (Phi) is 4.30. The van der Waals surface area contributed by atoms with Crippen molar-refractivity contribution in [2.24, 2.45) is 11.7 Å². The second-order valence-electron chi connectivity index (χ2n) is 5.23. The third kappa shape index (κ3) is 2.39. The molecule has 2 unspecified atom stereocenters. The lowest BCUT2D eigenvalue weighted by molar-refractivity contribution is 0.0745. The van der Waals surface area contributed by atoms with E-state index in [-0.39, 0.29) is 24.4 Å². The Morgan fingerprint density at radius 3 is 3.00 bits per heavy atom. The molecule has 108 valence electrons. The van der Waals surface area contributed by atoms with E-state index in [1.807, 2.05) is 29.3 Å². The topological polar surface area (TPSA) is 63.6 Å². The van der Waals surface area contributed by atoms with Crippen molar-refractivity contribution in [3.63, 3.8) is 0 Å². The fourth-order valence-electron chi connectivity index (χ4n) is 2.85. The van der Waals surface area contributed by atoms with Crippen molar-refractivity contribution in [2.75, 3.05) is 13.1 Å². The molecule has 1 aliphatic heterocycles. The molecule has 0 spiro atoms. The van der Waals surface area contributed by atoms with E-state index in [2.05, 4.69) is 12.0 Å². The molecule has 1 fully saturated rings. The van der Waals surface area contributed by atoms with Crippen molar-refractivity contribution < 1.29 is 4.79 Å². The predicted octanol–water partition coefficient (Wildman–Crippen LogP) is 1.57. The quantitative estimate of drug-likeness (QED) is 0.914. The van der Waals surface area contributed by atoms with Gasteiger partial charge in [-0.05, 0) is 37.9 Å². The van der Waals surface area contributed by atoms with Gasteiger partial charge in [-0.2, -0.15) is 5.10 Å². The van der Waals surface area contributed by atoms with Crippen molar-refractivity contribution in [1.82, 2.24) is 14.5 Å². The lowest BCUT2D eigenvalue weighted by Gasteiger charge is -2.20. The molecule has 2 atom stereocenters. The molecule has 6 heteroatoms. The highest BCUT2D eigenvalue weighted by Crippen LogP contribution is 2.25. The highest BCUT2D eigenvalue weighted by Gasteiger charge is 2.33. The van der Waals surface area contributed by atoms with Crippen molar-refractivity contribution in [3.8, 4) is 0 Å². The molecule has 1 amide bonds. The number of likely N-dealkylation sites (tertiary alicyclic amines) is 1. The van der Waals surface area contributed by atoms with Crippen LogP contribution in [0, 0.1) is 5.92 Å². The van der Waals surface area contributed by atoms with Gasteiger partial charge in [-0.3, -0.25) is 4.79 Å². The van der Waals surface area contributed by atoms with E-state index >= 15 is 0 Å². The Hall–Kier alpha value is -1.59. The van der Waals surface area contributed by atoms with Gasteiger partial charge < -0.3 is 10.6 Å². The summed E-state index contributed by atoms with van der Waals surface area (Å²) in [6, 6.07) is 5.99. The first-order chi connectivity index (χ1) is 9.20. The molecule has 2 N–H and O–H groups in total. The first kappa shape index (κ1) is 14.8.